The predicted molar refractivity (Wildman–Crippen MR) is 87.8 cm³/mol. The molecular formula is C15H21NO3S2. The smallest absolute Gasteiger partial charge is 0.240 e. The monoisotopic (exact) mass is 327 g/mol. The predicted octanol–water partition coefficient (Wildman–Crippen LogP) is 1.70. The minimum atomic E-state index is -3.46. The van der Waals surface area contributed by atoms with Gasteiger partial charge in [-0.3, -0.25) is 0 Å². The molecule has 0 aliphatic rings. The summed E-state index contributed by atoms with van der Waals surface area (Å²) in [4.78, 5) is 0.242. The van der Waals surface area contributed by atoms with Crippen molar-refractivity contribution in [2.75, 3.05) is 25.2 Å². The normalized spacial score (nSPS) is 12.5. The van der Waals surface area contributed by atoms with Crippen LogP contribution in [0.15, 0.2) is 29.2 Å². The number of rotatable bonds is 7. The van der Waals surface area contributed by atoms with Crippen molar-refractivity contribution in [3.63, 3.8) is 0 Å². The number of aliphatic hydroxyl groups is 1. The molecule has 116 valence electrons. The Bertz CT molecular complexity index is 586. The lowest BCUT2D eigenvalue weighted by atomic mass is 10.2. The maximum atomic E-state index is 12.1. The van der Waals surface area contributed by atoms with Gasteiger partial charge >= 0.3 is 0 Å². The van der Waals surface area contributed by atoms with Gasteiger partial charge in [-0.05, 0) is 42.2 Å². The zero-order valence-corrected chi connectivity index (χ0v) is 13.9. The molecule has 1 unspecified atom stereocenters. The van der Waals surface area contributed by atoms with Crippen LogP contribution in [0.1, 0.15) is 18.9 Å². The van der Waals surface area contributed by atoms with Crippen LogP contribution in [0, 0.1) is 17.8 Å². The molecule has 0 saturated heterocycles. The molecule has 1 atom stereocenters. The highest BCUT2D eigenvalue weighted by atomic mass is 32.2. The first-order chi connectivity index (χ1) is 9.99. The van der Waals surface area contributed by atoms with E-state index in [9.17, 15) is 8.42 Å². The van der Waals surface area contributed by atoms with Crippen molar-refractivity contribution in [3.8, 4) is 11.8 Å². The average Bonchev–Trinajstić information content (AvgIpc) is 2.46. The number of nitrogens with one attached hydrogen (secondary N) is 1. The van der Waals surface area contributed by atoms with E-state index in [2.05, 4.69) is 16.6 Å². The minimum Gasteiger partial charge on any atom is -0.395 e. The van der Waals surface area contributed by atoms with Gasteiger partial charge in [-0.25, -0.2) is 13.1 Å². The zero-order chi connectivity index (χ0) is 15.7. The Balaban J connectivity index is 2.70. The van der Waals surface area contributed by atoms with E-state index >= 15 is 0 Å². The van der Waals surface area contributed by atoms with Crippen LogP contribution in [0.3, 0.4) is 0 Å². The van der Waals surface area contributed by atoms with E-state index in [0.29, 0.717) is 18.9 Å². The third kappa shape index (κ3) is 6.53. The van der Waals surface area contributed by atoms with Gasteiger partial charge in [0.1, 0.15) is 0 Å². The summed E-state index contributed by atoms with van der Waals surface area (Å²) in [6.45, 7) is 2.47. The third-order valence-electron chi connectivity index (χ3n) is 2.71. The fourth-order valence-electron chi connectivity index (χ4n) is 1.62. The van der Waals surface area contributed by atoms with Crippen molar-refractivity contribution in [1.29, 1.82) is 0 Å². The summed E-state index contributed by atoms with van der Waals surface area (Å²) >= 11 is 1.70. The second-order valence-electron chi connectivity index (χ2n) is 4.71. The van der Waals surface area contributed by atoms with E-state index in [0.717, 1.165) is 11.3 Å². The Kier molecular flexibility index (Phi) is 7.83. The Morgan fingerprint density at radius 1 is 1.33 bits per heavy atom. The van der Waals surface area contributed by atoms with Crippen LogP contribution >= 0.6 is 11.8 Å². The van der Waals surface area contributed by atoms with Crippen LogP contribution < -0.4 is 4.72 Å². The first kappa shape index (κ1) is 18.1. The van der Waals surface area contributed by atoms with Gasteiger partial charge in [-0.1, -0.05) is 18.8 Å². The Hall–Kier alpha value is -1.00. The molecule has 21 heavy (non-hydrogen) atoms. The Morgan fingerprint density at radius 2 is 2.00 bits per heavy atom. The molecule has 6 heteroatoms. The van der Waals surface area contributed by atoms with E-state index in [4.69, 9.17) is 5.11 Å². The highest BCUT2D eigenvalue weighted by Gasteiger charge is 2.14. The van der Waals surface area contributed by atoms with Crippen LogP contribution in [0.4, 0.5) is 0 Å². The molecule has 0 bridgehead atoms. The summed E-state index contributed by atoms with van der Waals surface area (Å²) in [6.07, 6.45) is 2.41. The van der Waals surface area contributed by atoms with Gasteiger partial charge in [0.05, 0.1) is 11.5 Å². The molecule has 1 rings (SSSR count). The van der Waals surface area contributed by atoms with E-state index in [1.807, 2.05) is 13.2 Å². The van der Waals surface area contributed by atoms with Crippen LogP contribution in [0.25, 0.3) is 0 Å². The van der Waals surface area contributed by atoms with Crippen LogP contribution in [0.2, 0.25) is 0 Å². The highest BCUT2D eigenvalue weighted by molar-refractivity contribution is 7.98. The molecular weight excluding hydrogens is 306 g/mol. The molecule has 1 aromatic carbocycles. The fraction of sp³-hybridized carbons (Fsp3) is 0.467. The summed E-state index contributed by atoms with van der Waals surface area (Å²) < 4.78 is 26.9. The van der Waals surface area contributed by atoms with Crippen LogP contribution in [-0.4, -0.2) is 38.7 Å². The van der Waals surface area contributed by atoms with Crippen molar-refractivity contribution >= 4 is 21.8 Å². The number of thioether (sulfide) groups is 1. The number of sulfonamides is 1. The van der Waals surface area contributed by atoms with Crippen LogP contribution in [-0.2, 0) is 10.0 Å². The largest absolute Gasteiger partial charge is 0.395 e. The van der Waals surface area contributed by atoms with Crippen LogP contribution in [0.5, 0.6) is 0 Å². The van der Waals surface area contributed by atoms with Gasteiger partial charge in [-0.15, -0.1) is 0 Å². The molecule has 0 aliphatic carbocycles. The lowest BCUT2D eigenvalue weighted by Gasteiger charge is -2.11. The summed E-state index contributed by atoms with van der Waals surface area (Å²) in [6, 6.07) is 6.43. The molecule has 0 amide bonds. The Labute approximate surface area is 131 Å². The van der Waals surface area contributed by atoms with Gasteiger partial charge in [-0.2, -0.15) is 11.8 Å². The quantitative estimate of drug-likeness (QED) is 0.748. The van der Waals surface area contributed by atoms with Gasteiger partial charge in [0, 0.05) is 18.5 Å². The molecule has 4 nitrogen and oxygen atoms in total. The number of hydrogen-bond donors (Lipinski definition) is 2. The first-order valence-corrected chi connectivity index (χ1v) is 9.55. The zero-order valence-electron chi connectivity index (χ0n) is 12.3. The SMILES string of the molecule is CSCC(C)CNS(=O)(=O)c1ccc(C#CCCO)cc1. The molecule has 0 aliphatic heterocycles. The summed E-state index contributed by atoms with van der Waals surface area (Å²) in [7, 11) is -3.46. The number of benzene rings is 1. The second kappa shape index (κ2) is 9.11. The summed E-state index contributed by atoms with van der Waals surface area (Å²) in [5, 5.41) is 8.65. The first-order valence-electron chi connectivity index (χ1n) is 6.68. The summed E-state index contributed by atoms with van der Waals surface area (Å²) in [5.41, 5.74) is 0.734. The van der Waals surface area contributed by atoms with E-state index < -0.39 is 10.0 Å². The van der Waals surface area contributed by atoms with E-state index in [1.165, 1.54) is 0 Å². The lowest BCUT2D eigenvalue weighted by molar-refractivity contribution is 0.305. The van der Waals surface area contributed by atoms with Gasteiger partial charge in [0.2, 0.25) is 10.0 Å². The topological polar surface area (TPSA) is 66.4 Å². The van der Waals surface area contributed by atoms with Gasteiger partial charge in [0.15, 0.2) is 0 Å². The molecule has 0 heterocycles. The van der Waals surface area contributed by atoms with Crippen molar-refractivity contribution in [2.45, 2.75) is 18.2 Å². The summed E-state index contributed by atoms with van der Waals surface area (Å²) in [5.74, 6) is 6.87. The van der Waals surface area contributed by atoms with Crippen molar-refractivity contribution in [2.24, 2.45) is 5.92 Å². The van der Waals surface area contributed by atoms with Gasteiger partial charge < -0.3 is 5.11 Å². The highest BCUT2D eigenvalue weighted by Crippen LogP contribution is 2.11. The van der Waals surface area contributed by atoms with Crippen molar-refractivity contribution in [1.82, 2.24) is 4.72 Å². The molecule has 0 saturated carbocycles. The van der Waals surface area contributed by atoms with Gasteiger partial charge in [0.25, 0.3) is 0 Å². The Morgan fingerprint density at radius 3 is 2.57 bits per heavy atom. The molecule has 0 fully saturated rings. The minimum absolute atomic E-state index is 0.0254. The third-order valence-corrected chi connectivity index (χ3v) is 5.05. The van der Waals surface area contributed by atoms with E-state index in [1.54, 1.807) is 36.0 Å². The fourth-order valence-corrected chi connectivity index (χ4v) is 3.47. The average molecular weight is 327 g/mol. The maximum Gasteiger partial charge on any atom is 0.240 e. The molecule has 0 radical (unpaired) electrons. The van der Waals surface area contributed by atoms with Crippen molar-refractivity contribution in [3.05, 3.63) is 29.8 Å². The van der Waals surface area contributed by atoms with Crippen molar-refractivity contribution < 1.29 is 13.5 Å². The molecule has 1 aromatic rings. The standard InChI is InChI=1S/C15H21NO3S2/c1-13(12-20-2)11-16-21(18,19)15-8-6-14(7-9-15)5-3-4-10-17/h6-9,13,16-17H,4,10-12H2,1-2H3. The number of hydrogen-bond acceptors (Lipinski definition) is 4. The molecule has 0 aromatic heterocycles. The maximum absolute atomic E-state index is 12.1. The molecule has 2 N–H and O–H groups in total. The number of aliphatic hydroxyl groups excluding tert-OH is 1. The lowest BCUT2D eigenvalue weighted by Crippen LogP contribution is -2.29. The molecule has 0 spiro atoms. The van der Waals surface area contributed by atoms with E-state index in [-0.39, 0.29) is 11.5 Å². The second-order valence-corrected chi connectivity index (χ2v) is 7.39.